The number of hydrogen-bond acceptors (Lipinski definition) is 6. The molecule has 0 heterocycles. The molecule has 1 rings (SSSR count). The fourth-order valence-electron chi connectivity index (χ4n) is 1.61. The van der Waals surface area contributed by atoms with Gasteiger partial charge in [-0.05, 0) is 12.1 Å². The zero-order valence-electron chi connectivity index (χ0n) is 14.5. The zero-order valence-corrected chi connectivity index (χ0v) is 16.2. The second-order valence-electron chi connectivity index (χ2n) is 5.88. The number of sulfone groups is 1. The van der Waals surface area contributed by atoms with Crippen LogP contribution in [0.3, 0.4) is 0 Å². The number of benzene rings is 1. The van der Waals surface area contributed by atoms with Crippen molar-refractivity contribution in [2.24, 2.45) is 0 Å². The van der Waals surface area contributed by atoms with E-state index < -0.39 is 31.4 Å². The Labute approximate surface area is 149 Å². The molecule has 0 unspecified atom stereocenters. The number of hydrogen-bond donors (Lipinski definition) is 1. The van der Waals surface area contributed by atoms with Crippen LogP contribution in [0.2, 0.25) is 0 Å². The van der Waals surface area contributed by atoms with Gasteiger partial charge in [0.15, 0.2) is 15.5 Å². The standard InChI is InChI=1S/C12H18NO4S.CHF3O3S/c1-13(2,3)10-7-6-9(12(14)17-4)8-11(10)18(5,15)16;2-1(3,4)8(5,6)7/h6-8H,1-5H3;(H,5,6,7)/q+1;. The van der Waals surface area contributed by atoms with Gasteiger partial charge in [0.2, 0.25) is 0 Å². The van der Waals surface area contributed by atoms with E-state index in [2.05, 4.69) is 4.74 Å². The molecule has 13 heteroatoms. The Bertz CT molecular complexity index is 870. The highest BCUT2D eigenvalue weighted by Crippen LogP contribution is 2.28. The molecule has 1 aromatic carbocycles. The van der Waals surface area contributed by atoms with Gasteiger partial charge in [-0.25, -0.2) is 13.2 Å². The molecule has 0 atom stereocenters. The van der Waals surface area contributed by atoms with Crippen molar-refractivity contribution >= 4 is 31.6 Å². The lowest BCUT2D eigenvalue weighted by Crippen LogP contribution is -2.36. The first-order valence-electron chi connectivity index (χ1n) is 6.60. The summed E-state index contributed by atoms with van der Waals surface area (Å²) < 4.78 is 86.1. The summed E-state index contributed by atoms with van der Waals surface area (Å²) in [6, 6.07) is 4.57. The summed E-state index contributed by atoms with van der Waals surface area (Å²) in [5.74, 6) is -0.548. The minimum Gasteiger partial charge on any atom is -0.465 e. The van der Waals surface area contributed by atoms with E-state index in [1.54, 1.807) is 12.1 Å². The summed E-state index contributed by atoms with van der Waals surface area (Å²) in [6.45, 7) is 0. The first-order valence-corrected chi connectivity index (χ1v) is 9.93. The molecule has 150 valence electrons. The van der Waals surface area contributed by atoms with Crippen molar-refractivity contribution in [3.8, 4) is 0 Å². The Kier molecular flexibility index (Phi) is 7.38. The predicted molar refractivity (Wildman–Crippen MR) is 88.1 cm³/mol. The molecule has 1 aromatic rings. The van der Waals surface area contributed by atoms with Crippen LogP contribution in [-0.2, 0) is 24.7 Å². The topological polar surface area (TPSA) is 115 Å². The number of carbonyl (C=O) groups is 1. The summed E-state index contributed by atoms with van der Waals surface area (Å²) in [6.07, 6.45) is 1.13. The second kappa shape index (κ2) is 7.90. The van der Waals surface area contributed by atoms with Crippen molar-refractivity contribution in [3.05, 3.63) is 23.8 Å². The molecule has 0 spiro atoms. The highest BCUT2D eigenvalue weighted by Gasteiger charge is 2.44. The van der Waals surface area contributed by atoms with Crippen molar-refractivity contribution in [2.45, 2.75) is 10.4 Å². The van der Waals surface area contributed by atoms with Gasteiger partial charge in [-0.3, -0.25) is 9.04 Å². The normalized spacial score (nSPS) is 12.8. The molecule has 26 heavy (non-hydrogen) atoms. The number of methoxy groups -OCH3 is 1. The van der Waals surface area contributed by atoms with Gasteiger partial charge in [0.25, 0.3) is 0 Å². The van der Waals surface area contributed by atoms with Crippen molar-refractivity contribution in [2.75, 3.05) is 34.5 Å². The van der Waals surface area contributed by atoms with Crippen LogP contribution in [0.5, 0.6) is 0 Å². The Morgan fingerprint density at radius 3 is 1.81 bits per heavy atom. The Morgan fingerprint density at radius 1 is 1.12 bits per heavy atom. The van der Waals surface area contributed by atoms with Gasteiger partial charge in [-0.2, -0.15) is 21.6 Å². The molecule has 0 radical (unpaired) electrons. The van der Waals surface area contributed by atoms with Crippen LogP contribution in [0.1, 0.15) is 10.4 Å². The van der Waals surface area contributed by atoms with Crippen LogP contribution in [0.15, 0.2) is 23.1 Å². The zero-order chi connectivity index (χ0) is 21.1. The molecule has 0 bridgehead atoms. The summed E-state index contributed by atoms with van der Waals surface area (Å²) in [5.41, 5.74) is -4.67. The van der Waals surface area contributed by atoms with Crippen LogP contribution >= 0.6 is 0 Å². The van der Waals surface area contributed by atoms with Gasteiger partial charge in [0.1, 0.15) is 4.90 Å². The van der Waals surface area contributed by atoms with Crippen LogP contribution < -0.4 is 4.48 Å². The molecular formula is C13H19F3NO7S2+. The van der Waals surface area contributed by atoms with Gasteiger partial charge in [-0.1, -0.05) is 0 Å². The lowest BCUT2D eigenvalue weighted by Gasteiger charge is -2.25. The van der Waals surface area contributed by atoms with Crippen LogP contribution in [0.4, 0.5) is 18.9 Å². The molecule has 0 amide bonds. The van der Waals surface area contributed by atoms with Gasteiger partial charge in [0.05, 0.1) is 33.8 Å². The number of ether oxygens (including phenoxy) is 1. The van der Waals surface area contributed by atoms with E-state index in [1.165, 1.54) is 13.2 Å². The minimum atomic E-state index is -5.84. The molecule has 1 N–H and O–H groups in total. The van der Waals surface area contributed by atoms with Crippen LogP contribution in [-0.4, -0.2) is 67.4 Å². The molecule has 0 aromatic heterocycles. The lowest BCUT2D eigenvalue weighted by molar-refractivity contribution is -0.0510. The van der Waals surface area contributed by atoms with Gasteiger partial charge in [0, 0.05) is 12.3 Å². The third kappa shape index (κ3) is 6.90. The van der Waals surface area contributed by atoms with E-state index in [0.717, 1.165) is 6.26 Å². The third-order valence-corrected chi connectivity index (χ3v) is 4.51. The van der Waals surface area contributed by atoms with Gasteiger partial charge in [-0.15, -0.1) is 0 Å². The highest BCUT2D eigenvalue weighted by atomic mass is 32.2. The van der Waals surface area contributed by atoms with Crippen molar-refractivity contribution in [3.63, 3.8) is 0 Å². The molecular weight excluding hydrogens is 403 g/mol. The van der Waals surface area contributed by atoms with E-state index in [4.69, 9.17) is 13.0 Å². The summed E-state index contributed by atoms with van der Waals surface area (Å²) in [7, 11) is -2.40. The van der Waals surface area contributed by atoms with Gasteiger partial charge < -0.3 is 4.74 Å². The first-order chi connectivity index (χ1) is 11.3. The number of nitrogens with zero attached hydrogens (tertiary/aromatic N) is 1. The van der Waals surface area contributed by atoms with Crippen LogP contribution in [0.25, 0.3) is 0 Å². The first kappa shape index (κ1) is 24.3. The van der Waals surface area contributed by atoms with E-state index in [1.807, 2.05) is 21.1 Å². The van der Waals surface area contributed by atoms with E-state index in [0.29, 0.717) is 10.2 Å². The third-order valence-electron chi connectivity index (χ3n) is 2.80. The van der Waals surface area contributed by atoms with Crippen molar-refractivity contribution < 1.29 is 44.1 Å². The molecule has 8 nitrogen and oxygen atoms in total. The van der Waals surface area contributed by atoms with E-state index in [-0.39, 0.29) is 10.5 Å². The summed E-state index contributed by atoms with van der Waals surface area (Å²) in [4.78, 5) is 11.6. The fourth-order valence-corrected chi connectivity index (χ4v) is 2.67. The smallest absolute Gasteiger partial charge is 0.465 e. The predicted octanol–water partition coefficient (Wildman–Crippen LogP) is 1.47. The molecule has 0 aliphatic heterocycles. The van der Waals surface area contributed by atoms with Gasteiger partial charge >= 0.3 is 21.6 Å². The quantitative estimate of drug-likeness (QED) is 0.339. The monoisotopic (exact) mass is 422 g/mol. The number of esters is 1. The largest absolute Gasteiger partial charge is 0.522 e. The van der Waals surface area contributed by atoms with E-state index >= 15 is 0 Å². The maximum absolute atomic E-state index is 11.8. The van der Waals surface area contributed by atoms with E-state index in [9.17, 15) is 26.4 Å². The molecule has 0 saturated heterocycles. The van der Waals surface area contributed by atoms with Crippen molar-refractivity contribution in [1.82, 2.24) is 4.48 Å². The SMILES string of the molecule is COC(=O)c1ccc([N+](C)(C)C)c(S(C)(=O)=O)c1.O=S(=O)(O)C(F)(F)F. The number of quaternary nitrogens is 1. The Hall–Kier alpha value is -1.70. The average Bonchev–Trinajstić information content (AvgIpc) is 2.42. The molecule has 0 aliphatic rings. The highest BCUT2D eigenvalue weighted by molar-refractivity contribution is 7.90. The summed E-state index contributed by atoms with van der Waals surface area (Å²) >= 11 is 0. The average molecular weight is 422 g/mol. The van der Waals surface area contributed by atoms with Crippen molar-refractivity contribution in [1.29, 1.82) is 0 Å². The molecule has 0 fully saturated rings. The number of carbonyl (C=O) groups excluding carboxylic acids is 1. The minimum absolute atomic E-state index is 0.151. The lowest BCUT2D eigenvalue weighted by atomic mass is 10.2. The van der Waals surface area contributed by atoms with Crippen LogP contribution in [0, 0.1) is 0 Å². The molecule has 0 saturated carbocycles. The Balaban J connectivity index is 0.000000660. The molecule has 0 aliphatic carbocycles. The number of alkyl halides is 3. The second-order valence-corrected chi connectivity index (χ2v) is 9.28. The maximum Gasteiger partial charge on any atom is 0.522 e. The Morgan fingerprint density at radius 2 is 1.54 bits per heavy atom. The summed E-state index contributed by atoms with van der Waals surface area (Å²) in [5, 5.41) is 0. The number of rotatable bonds is 3. The number of halogens is 3. The fraction of sp³-hybridized carbons (Fsp3) is 0.462. The maximum atomic E-state index is 11.8.